The highest BCUT2D eigenvalue weighted by Crippen LogP contribution is 2.40. The van der Waals surface area contributed by atoms with Crippen LogP contribution < -0.4 is 5.73 Å². The topological polar surface area (TPSA) is 43.8 Å². The lowest BCUT2D eigenvalue weighted by molar-refractivity contribution is 0.708. The molecule has 0 unspecified atom stereocenters. The first-order chi connectivity index (χ1) is 9.29. The third-order valence-electron chi connectivity index (χ3n) is 3.86. The van der Waals surface area contributed by atoms with Crippen molar-refractivity contribution < 1.29 is 0 Å². The van der Waals surface area contributed by atoms with Crippen molar-refractivity contribution in [2.45, 2.75) is 45.1 Å². The largest absolute Gasteiger partial charge is 0.384 e. The number of imidazole rings is 1. The van der Waals surface area contributed by atoms with E-state index in [4.69, 9.17) is 10.7 Å². The second-order valence-corrected chi connectivity index (χ2v) is 5.31. The number of nitrogen functional groups attached to an aromatic ring is 1. The van der Waals surface area contributed by atoms with Crippen LogP contribution in [0.2, 0.25) is 0 Å². The molecule has 0 radical (unpaired) electrons. The number of anilines is 1. The molecule has 1 aromatic heterocycles. The first-order valence-electron chi connectivity index (χ1n) is 7.18. The van der Waals surface area contributed by atoms with Crippen LogP contribution in [-0.2, 0) is 19.4 Å². The van der Waals surface area contributed by atoms with Gasteiger partial charge in [-0.15, -0.1) is 0 Å². The average Bonchev–Trinajstić information content (AvgIpc) is 3.23. The molecule has 19 heavy (non-hydrogen) atoms. The summed E-state index contributed by atoms with van der Waals surface area (Å²) < 4.78 is 2.19. The Kier molecular flexibility index (Phi) is 3.28. The van der Waals surface area contributed by atoms with Crippen LogP contribution in [0.4, 0.5) is 5.82 Å². The summed E-state index contributed by atoms with van der Waals surface area (Å²) in [7, 11) is 0. The zero-order valence-electron chi connectivity index (χ0n) is 11.5. The highest BCUT2D eigenvalue weighted by atomic mass is 15.1. The summed E-state index contributed by atoms with van der Waals surface area (Å²) >= 11 is 0. The van der Waals surface area contributed by atoms with Crippen molar-refractivity contribution in [1.82, 2.24) is 9.55 Å². The van der Waals surface area contributed by atoms with Crippen LogP contribution in [0.15, 0.2) is 30.3 Å². The molecule has 1 aliphatic rings. The van der Waals surface area contributed by atoms with Gasteiger partial charge in [0.1, 0.15) is 11.6 Å². The maximum Gasteiger partial charge on any atom is 0.126 e. The number of nitrogens with two attached hydrogens (primary N) is 1. The van der Waals surface area contributed by atoms with Gasteiger partial charge >= 0.3 is 0 Å². The van der Waals surface area contributed by atoms with Crippen LogP contribution in [-0.4, -0.2) is 9.55 Å². The summed E-state index contributed by atoms with van der Waals surface area (Å²) in [5.41, 5.74) is 8.67. The van der Waals surface area contributed by atoms with Gasteiger partial charge < -0.3 is 10.3 Å². The Balaban J connectivity index is 1.77. The van der Waals surface area contributed by atoms with Crippen molar-refractivity contribution in [1.29, 1.82) is 0 Å². The zero-order valence-corrected chi connectivity index (χ0v) is 11.5. The second kappa shape index (κ2) is 5.08. The molecule has 1 aliphatic carbocycles. The van der Waals surface area contributed by atoms with Gasteiger partial charge in [0, 0.05) is 12.5 Å². The van der Waals surface area contributed by atoms with Crippen LogP contribution >= 0.6 is 0 Å². The van der Waals surface area contributed by atoms with Crippen molar-refractivity contribution in [3.05, 3.63) is 47.4 Å². The maximum atomic E-state index is 6.24. The Morgan fingerprint density at radius 3 is 2.58 bits per heavy atom. The molecule has 0 spiro atoms. The highest BCUT2D eigenvalue weighted by molar-refractivity contribution is 5.40. The number of hydrogen-bond acceptors (Lipinski definition) is 2. The standard InChI is InChI=1S/C16H21N3/c1-2-19-15(17)14(18-16(19)13-9-10-13)11-8-12-6-4-3-5-7-12/h3-7,13H,2,8-11,17H2,1H3. The van der Waals surface area contributed by atoms with Crippen LogP contribution in [0.3, 0.4) is 0 Å². The number of hydrogen-bond donors (Lipinski definition) is 1. The average molecular weight is 255 g/mol. The predicted octanol–water partition coefficient (Wildman–Crippen LogP) is 3.15. The summed E-state index contributed by atoms with van der Waals surface area (Å²) in [6.45, 7) is 3.07. The lowest BCUT2D eigenvalue weighted by Crippen LogP contribution is -2.05. The molecule has 3 heteroatoms. The maximum absolute atomic E-state index is 6.24. The minimum absolute atomic E-state index is 0.660. The van der Waals surface area contributed by atoms with Crippen molar-refractivity contribution in [2.75, 3.05) is 5.73 Å². The first kappa shape index (κ1) is 12.3. The zero-order chi connectivity index (χ0) is 13.2. The number of benzene rings is 1. The van der Waals surface area contributed by atoms with E-state index in [9.17, 15) is 0 Å². The molecule has 2 N–H and O–H groups in total. The molecule has 0 aliphatic heterocycles. The van der Waals surface area contributed by atoms with E-state index in [0.29, 0.717) is 5.92 Å². The third-order valence-corrected chi connectivity index (χ3v) is 3.86. The van der Waals surface area contributed by atoms with Crippen LogP contribution in [0.5, 0.6) is 0 Å². The van der Waals surface area contributed by atoms with E-state index in [1.807, 2.05) is 0 Å². The molecule has 3 nitrogen and oxygen atoms in total. The molecular weight excluding hydrogens is 234 g/mol. The first-order valence-corrected chi connectivity index (χ1v) is 7.18. The van der Waals surface area contributed by atoms with E-state index in [-0.39, 0.29) is 0 Å². The fraction of sp³-hybridized carbons (Fsp3) is 0.438. The summed E-state index contributed by atoms with van der Waals surface area (Å²) in [5.74, 6) is 2.75. The van der Waals surface area contributed by atoms with Gasteiger partial charge in [-0.05, 0) is 38.2 Å². The van der Waals surface area contributed by atoms with E-state index >= 15 is 0 Å². The molecule has 0 amide bonds. The predicted molar refractivity (Wildman–Crippen MR) is 78.1 cm³/mol. The molecule has 1 heterocycles. The smallest absolute Gasteiger partial charge is 0.126 e. The highest BCUT2D eigenvalue weighted by Gasteiger charge is 2.30. The number of nitrogens with zero attached hydrogens (tertiary/aromatic N) is 2. The van der Waals surface area contributed by atoms with Crippen molar-refractivity contribution in [2.24, 2.45) is 0 Å². The van der Waals surface area contributed by atoms with Crippen molar-refractivity contribution >= 4 is 5.82 Å². The molecule has 3 rings (SSSR count). The molecule has 0 bridgehead atoms. The normalized spacial score (nSPS) is 14.8. The minimum Gasteiger partial charge on any atom is -0.384 e. The summed E-state index contributed by atoms with van der Waals surface area (Å²) in [6, 6.07) is 10.5. The van der Waals surface area contributed by atoms with Crippen molar-refractivity contribution in [3.8, 4) is 0 Å². The Hall–Kier alpha value is -1.77. The summed E-state index contributed by atoms with van der Waals surface area (Å²) in [5, 5.41) is 0. The summed E-state index contributed by atoms with van der Waals surface area (Å²) in [6.07, 6.45) is 4.49. The van der Waals surface area contributed by atoms with Gasteiger partial charge in [-0.1, -0.05) is 30.3 Å². The van der Waals surface area contributed by atoms with Gasteiger partial charge in [0.05, 0.1) is 5.69 Å². The molecule has 0 atom stereocenters. The lowest BCUT2D eigenvalue weighted by atomic mass is 10.1. The van der Waals surface area contributed by atoms with E-state index in [2.05, 4.69) is 41.8 Å². The molecule has 0 saturated heterocycles. The fourth-order valence-electron chi connectivity index (χ4n) is 2.61. The van der Waals surface area contributed by atoms with E-state index < -0.39 is 0 Å². The minimum atomic E-state index is 0.660. The van der Waals surface area contributed by atoms with Gasteiger partial charge in [0.15, 0.2) is 0 Å². The fourth-order valence-corrected chi connectivity index (χ4v) is 2.61. The lowest BCUT2D eigenvalue weighted by Gasteiger charge is -2.05. The van der Waals surface area contributed by atoms with Crippen LogP contribution in [0, 0.1) is 0 Å². The summed E-state index contributed by atoms with van der Waals surface area (Å²) in [4.78, 5) is 4.80. The van der Waals surface area contributed by atoms with Gasteiger partial charge in [-0.25, -0.2) is 4.98 Å². The third kappa shape index (κ3) is 2.50. The molecular formula is C16H21N3. The van der Waals surface area contributed by atoms with Crippen LogP contribution in [0.25, 0.3) is 0 Å². The Morgan fingerprint density at radius 1 is 1.21 bits per heavy atom. The Bertz CT molecular complexity index is 553. The Labute approximate surface area is 114 Å². The molecule has 100 valence electrons. The molecule has 2 aromatic rings. The quantitative estimate of drug-likeness (QED) is 0.892. The molecule has 1 fully saturated rings. The molecule has 1 aromatic carbocycles. The number of aromatic nitrogens is 2. The second-order valence-electron chi connectivity index (χ2n) is 5.31. The number of aryl methyl sites for hydroxylation is 2. The number of rotatable bonds is 5. The van der Waals surface area contributed by atoms with Gasteiger partial charge in [-0.3, -0.25) is 0 Å². The van der Waals surface area contributed by atoms with E-state index in [0.717, 1.165) is 30.9 Å². The molecule has 1 saturated carbocycles. The van der Waals surface area contributed by atoms with E-state index in [1.165, 1.54) is 24.2 Å². The van der Waals surface area contributed by atoms with E-state index in [1.54, 1.807) is 0 Å². The van der Waals surface area contributed by atoms with Crippen molar-refractivity contribution in [3.63, 3.8) is 0 Å². The van der Waals surface area contributed by atoms with Gasteiger partial charge in [-0.2, -0.15) is 0 Å². The van der Waals surface area contributed by atoms with Gasteiger partial charge in [0.25, 0.3) is 0 Å². The monoisotopic (exact) mass is 255 g/mol. The Morgan fingerprint density at radius 2 is 1.95 bits per heavy atom. The van der Waals surface area contributed by atoms with Gasteiger partial charge in [0.2, 0.25) is 0 Å². The van der Waals surface area contributed by atoms with Crippen LogP contribution in [0.1, 0.15) is 42.8 Å². The SMILES string of the molecule is CCn1c(C2CC2)nc(CCc2ccccc2)c1N.